The molecule has 0 aromatic carbocycles. The smallest absolute Gasteiger partial charge is 0.0829 e. The monoisotopic (exact) mass is 416 g/mol. The Kier molecular flexibility index (Phi) is 5.09. The van der Waals surface area contributed by atoms with Gasteiger partial charge in [-0.05, 0) is 52.9 Å². The lowest BCUT2D eigenvalue weighted by atomic mass is 10.4. The maximum absolute atomic E-state index is 4.16. The van der Waals surface area contributed by atoms with Crippen molar-refractivity contribution in [3.05, 3.63) is 83.5 Å². The minimum Gasteiger partial charge on any atom is -0.262 e. The summed E-state index contributed by atoms with van der Waals surface area (Å²) in [5.74, 6) is 0. The molecule has 114 valence electrons. The van der Waals surface area contributed by atoms with E-state index in [1.807, 2.05) is 48.9 Å². The Morgan fingerprint density at radius 1 is 0.739 bits per heavy atom. The highest BCUT2D eigenvalue weighted by Crippen LogP contribution is 2.07. The van der Waals surface area contributed by atoms with Crippen LogP contribution in [0.1, 0.15) is 0 Å². The first-order chi connectivity index (χ1) is 11.3. The molecular formula is C16H13IN6. The largest absolute Gasteiger partial charge is 0.262 e. The second-order valence-corrected chi connectivity index (χ2v) is 5.72. The Hall–Kier alpha value is -2.55. The molecule has 6 nitrogen and oxygen atoms in total. The third-order valence-electron chi connectivity index (χ3n) is 2.88. The number of rotatable bonds is 2. The van der Waals surface area contributed by atoms with E-state index >= 15 is 0 Å². The zero-order valence-corrected chi connectivity index (χ0v) is 14.2. The lowest BCUT2D eigenvalue weighted by Crippen LogP contribution is -1.93. The number of hydrogen-bond acceptors (Lipinski definition) is 4. The zero-order chi connectivity index (χ0) is 15.9. The van der Waals surface area contributed by atoms with E-state index in [1.54, 1.807) is 40.3 Å². The molecule has 0 saturated carbocycles. The van der Waals surface area contributed by atoms with Gasteiger partial charge in [-0.25, -0.2) is 9.36 Å². The van der Waals surface area contributed by atoms with Crippen molar-refractivity contribution < 1.29 is 0 Å². The molecule has 0 atom stereocenters. The van der Waals surface area contributed by atoms with Crippen LogP contribution in [0.15, 0.2) is 79.9 Å². The van der Waals surface area contributed by atoms with Gasteiger partial charge < -0.3 is 0 Å². The highest BCUT2D eigenvalue weighted by Gasteiger charge is 1.96. The van der Waals surface area contributed by atoms with Crippen molar-refractivity contribution in [3.8, 4) is 11.4 Å². The predicted molar refractivity (Wildman–Crippen MR) is 95.4 cm³/mol. The average molecular weight is 416 g/mol. The SMILES string of the molecule is Ic1cnn(-c2cccnc2)c1.c1cncc(-n2cccn2)c1. The molecule has 0 spiro atoms. The average Bonchev–Trinajstić information content (AvgIpc) is 3.29. The highest BCUT2D eigenvalue weighted by molar-refractivity contribution is 14.1. The third-order valence-corrected chi connectivity index (χ3v) is 3.43. The van der Waals surface area contributed by atoms with E-state index in [2.05, 4.69) is 42.8 Å². The minimum atomic E-state index is 0.984. The van der Waals surface area contributed by atoms with Crippen molar-refractivity contribution >= 4 is 22.6 Å². The van der Waals surface area contributed by atoms with Crippen LogP contribution in [0.3, 0.4) is 0 Å². The summed E-state index contributed by atoms with van der Waals surface area (Å²) in [6.45, 7) is 0. The van der Waals surface area contributed by atoms with Crippen molar-refractivity contribution in [2.75, 3.05) is 0 Å². The summed E-state index contributed by atoms with van der Waals surface area (Å²) < 4.78 is 4.69. The van der Waals surface area contributed by atoms with Crippen LogP contribution < -0.4 is 0 Å². The molecule has 0 aliphatic carbocycles. The van der Waals surface area contributed by atoms with Crippen LogP contribution in [0, 0.1) is 3.57 Å². The quantitative estimate of drug-likeness (QED) is 0.471. The van der Waals surface area contributed by atoms with E-state index in [9.17, 15) is 0 Å². The molecule has 0 radical (unpaired) electrons. The van der Waals surface area contributed by atoms with Gasteiger partial charge in [-0.3, -0.25) is 9.97 Å². The van der Waals surface area contributed by atoms with Crippen molar-refractivity contribution in [3.63, 3.8) is 0 Å². The Morgan fingerprint density at radius 3 is 1.91 bits per heavy atom. The number of hydrogen-bond donors (Lipinski definition) is 0. The number of pyridine rings is 2. The molecule has 0 aliphatic heterocycles. The van der Waals surface area contributed by atoms with Crippen LogP contribution in [-0.4, -0.2) is 29.5 Å². The van der Waals surface area contributed by atoms with Gasteiger partial charge in [0.15, 0.2) is 0 Å². The molecule has 0 bridgehead atoms. The fraction of sp³-hybridized carbons (Fsp3) is 0. The molecule has 7 heteroatoms. The van der Waals surface area contributed by atoms with Gasteiger partial charge in [0.25, 0.3) is 0 Å². The summed E-state index contributed by atoms with van der Waals surface area (Å²) in [6.07, 6.45) is 14.4. The van der Waals surface area contributed by atoms with E-state index in [0.717, 1.165) is 14.9 Å². The fourth-order valence-corrected chi connectivity index (χ4v) is 2.23. The molecule has 4 rings (SSSR count). The summed E-state index contributed by atoms with van der Waals surface area (Å²) >= 11 is 2.22. The molecule has 23 heavy (non-hydrogen) atoms. The summed E-state index contributed by atoms with van der Waals surface area (Å²) in [4.78, 5) is 7.99. The number of aromatic nitrogens is 6. The van der Waals surface area contributed by atoms with Gasteiger partial charge >= 0.3 is 0 Å². The zero-order valence-electron chi connectivity index (χ0n) is 12.1. The molecule has 4 aromatic heterocycles. The van der Waals surface area contributed by atoms with Gasteiger partial charge in [-0.1, -0.05) is 0 Å². The van der Waals surface area contributed by atoms with E-state index < -0.39 is 0 Å². The van der Waals surface area contributed by atoms with Crippen LogP contribution in [-0.2, 0) is 0 Å². The lowest BCUT2D eigenvalue weighted by molar-refractivity contribution is 0.874. The second-order valence-electron chi connectivity index (χ2n) is 4.48. The van der Waals surface area contributed by atoms with Gasteiger partial charge in [0.2, 0.25) is 0 Å². The molecule has 0 aliphatic rings. The number of halogens is 1. The minimum absolute atomic E-state index is 0.984. The second kappa shape index (κ2) is 7.63. The van der Waals surface area contributed by atoms with Gasteiger partial charge in [-0.15, -0.1) is 0 Å². The predicted octanol–water partition coefficient (Wildman–Crippen LogP) is 3.14. The molecule has 0 amide bonds. The van der Waals surface area contributed by atoms with Crippen molar-refractivity contribution in [2.45, 2.75) is 0 Å². The molecule has 0 N–H and O–H groups in total. The van der Waals surface area contributed by atoms with Crippen LogP contribution in [0.5, 0.6) is 0 Å². The van der Waals surface area contributed by atoms with E-state index in [4.69, 9.17) is 0 Å². The van der Waals surface area contributed by atoms with E-state index in [-0.39, 0.29) is 0 Å². The summed E-state index contributed by atoms with van der Waals surface area (Å²) in [5, 5.41) is 8.22. The van der Waals surface area contributed by atoms with Crippen LogP contribution >= 0.6 is 22.6 Å². The molecule has 0 unspecified atom stereocenters. The van der Waals surface area contributed by atoms with Crippen LogP contribution in [0.4, 0.5) is 0 Å². The maximum atomic E-state index is 4.16. The topological polar surface area (TPSA) is 61.4 Å². The summed E-state index contributed by atoms with van der Waals surface area (Å²) in [5.41, 5.74) is 1.97. The third kappa shape index (κ3) is 4.22. The Morgan fingerprint density at radius 2 is 1.43 bits per heavy atom. The van der Waals surface area contributed by atoms with Crippen molar-refractivity contribution in [1.29, 1.82) is 0 Å². The highest BCUT2D eigenvalue weighted by atomic mass is 127. The van der Waals surface area contributed by atoms with E-state index in [0.29, 0.717) is 0 Å². The number of nitrogens with zero attached hydrogens (tertiary/aromatic N) is 6. The first kappa shape index (κ1) is 15.3. The Labute approximate surface area is 147 Å². The van der Waals surface area contributed by atoms with Gasteiger partial charge in [-0.2, -0.15) is 10.2 Å². The molecular weight excluding hydrogens is 403 g/mol. The van der Waals surface area contributed by atoms with Crippen molar-refractivity contribution in [1.82, 2.24) is 29.5 Å². The lowest BCUT2D eigenvalue weighted by Gasteiger charge is -1.97. The molecule has 0 fully saturated rings. The van der Waals surface area contributed by atoms with Crippen LogP contribution in [0.25, 0.3) is 11.4 Å². The molecule has 4 aromatic rings. The Balaban J connectivity index is 0.000000136. The molecule has 4 heterocycles. The maximum Gasteiger partial charge on any atom is 0.0829 e. The first-order valence-corrected chi connectivity index (χ1v) is 7.91. The Bertz CT molecular complexity index is 827. The van der Waals surface area contributed by atoms with Gasteiger partial charge in [0.1, 0.15) is 0 Å². The van der Waals surface area contributed by atoms with E-state index in [1.165, 1.54) is 0 Å². The fourth-order valence-electron chi connectivity index (χ4n) is 1.84. The standard InChI is InChI=1S/C8H6IN3.C8H7N3/c9-7-4-11-12(6-7)8-2-1-3-10-5-8;1-3-8(7-9-4-1)11-6-2-5-10-11/h1-6H;1-7H. The molecule has 0 saturated heterocycles. The van der Waals surface area contributed by atoms with Gasteiger partial charge in [0.05, 0.1) is 33.5 Å². The van der Waals surface area contributed by atoms with Crippen LogP contribution in [0.2, 0.25) is 0 Å². The summed E-state index contributed by atoms with van der Waals surface area (Å²) in [6, 6.07) is 9.59. The van der Waals surface area contributed by atoms with Crippen molar-refractivity contribution in [2.24, 2.45) is 0 Å². The van der Waals surface area contributed by atoms with Gasteiger partial charge in [0, 0.05) is 31.0 Å². The normalized spacial score (nSPS) is 9.96. The summed E-state index contributed by atoms with van der Waals surface area (Å²) in [7, 11) is 0. The first-order valence-electron chi connectivity index (χ1n) is 6.83.